The maximum atomic E-state index is 14.0. The van der Waals surface area contributed by atoms with E-state index >= 15 is 0 Å². The summed E-state index contributed by atoms with van der Waals surface area (Å²) >= 11 is 0. The second-order valence-electron chi connectivity index (χ2n) is 4.22. The Balaban J connectivity index is 2.32. The van der Waals surface area contributed by atoms with E-state index in [1.54, 1.807) is 0 Å². The summed E-state index contributed by atoms with van der Waals surface area (Å²) < 4.78 is 32.5. The number of hydrogen-bond acceptors (Lipinski definition) is 6. The van der Waals surface area contributed by atoms with Gasteiger partial charge in [-0.1, -0.05) is 6.92 Å². The molecule has 0 atom stereocenters. The first-order valence-corrected chi connectivity index (χ1v) is 6.19. The van der Waals surface area contributed by atoms with Crippen LogP contribution in [0.2, 0.25) is 0 Å². The highest BCUT2D eigenvalue weighted by atomic mass is 19.1. The first-order valence-electron chi connectivity index (χ1n) is 6.19. The van der Waals surface area contributed by atoms with Crippen LogP contribution in [0.4, 0.5) is 14.5 Å². The maximum absolute atomic E-state index is 14.0. The van der Waals surface area contributed by atoms with E-state index in [-0.39, 0.29) is 18.3 Å². The van der Waals surface area contributed by atoms with Crippen molar-refractivity contribution in [2.75, 3.05) is 6.54 Å². The summed E-state index contributed by atoms with van der Waals surface area (Å²) in [6, 6.07) is 1.28. The van der Waals surface area contributed by atoms with Crippen LogP contribution in [-0.2, 0) is 6.54 Å². The highest BCUT2D eigenvalue weighted by molar-refractivity contribution is 5.59. The molecule has 2 rings (SSSR count). The van der Waals surface area contributed by atoms with Crippen molar-refractivity contribution in [1.29, 1.82) is 0 Å². The number of hydrogen-bond donors (Lipinski definition) is 1. The zero-order chi connectivity index (χ0) is 15.4. The van der Waals surface area contributed by atoms with Crippen LogP contribution in [0, 0.1) is 21.7 Å². The van der Waals surface area contributed by atoms with Crippen LogP contribution >= 0.6 is 0 Å². The predicted octanol–water partition coefficient (Wildman–Crippen LogP) is 2.42. The number of aromatic nitrogens is 2. The molecule has 21 heavy (non-hydrogen) atoms. The van der Waals surface area contributed by atoms with E-state index in [1.165, 1.54) is 0 Å². The number of rotatable bonds is 6. The monoisotopic (exact) mass is 298 g/mol. The SMILES string of the molecule is CCCNCc1nnc(-c2cc(F)cc([N+](=O)[O-])c2F)o1. The molecule has 7 nitrogen and oxygen atoms in total. The Morgan fingerprint density at radius 1 is 1.38 bits per heavy atom. The molecule has 0 spiro atoms. The molecular weight excluding hydrogens is 286 g/mol. The molecule has 1 heterocycles. The Labute approximate surface area is 118 Å². The molecule has 0 amide bonds. The third-order valence-corrected chi connectivity index (χ3v) is 2.62. The van der Waals surface area contributed by atoms with Gasteiger partial charge in [-0.05, 0) is 19.0 Å². The van der Waals surface area contributed by atoms with Crippen LogP contribution in [-0.4, -0.2) is 21.7 Å². The first kappa shape index (κ1) is 15.0. The van der Waals surface area contributed by atoms with Crippen LogP contribution < -0.4 is 5.32 Å². The fourth-order valence-corrected chi connectivity index (χ4v) is 1.67. The zero-order valence-corrected chi connectivity index (χ0v) is 11.1. The number of nitro benzene ring substituents is 1. The summed E-state index contributed by atoms with van der Waals surface area (Å²) in [7, 11) is 0. The summed E-state index contributed by atoms with van der Waals surface area (Å²) in [4.78, 5) is 9.65. The molecule has 0 aliphatic rings. The summed E-state index contributed by atoms with van der Waals surface area (Å²) in [5.41, 5.74) is -1.41. The molecule has 0 bridgehead atoms. The smallest absolute Gasteiger partial charge is 0.308 e. The van der Waals surface area contributed by atoms with Gasteiger partial charge in [0.1, 0.15) is 5.82 Å². The maximum Gasteiger partial charge on any atom is 0.308 e. The molecule has 1 aromatic heterocycles. The van der Waals surface area contributed by atoms with Crippen molar-refractivity contribution in [1.82, 2.24) is 15.5 Å². The molecule has 0 fully saturated rings. The molecule has 1 N–H and O–H groups in total. The third-order valence-electron chi connectivity index (χ3n) is 2.62. The van der Waals surface area contributed by atoms with Crippen molar-refractivity contribution in [2.45, 2.75) is 19.9 Å². The number of nitrogens with zero attached hydrogens (tertiary/aromatic N) is 3. The van der Waals surface area contributed by atoms with Gasteiger partial charge in [0, 0.05) is 0 Å². The van der Waals surface area contributed by atoms with E-state index in [0.29, 0.717) is 6.07 Å². The van der Waals surface area contributed by atoms with Gasteiger partial charge in [0.05, 0.1) is 23.1 Å². The Morgan fingerprint density at radius 3 is 2.81 bits per heavy atom. The van der Waals surface area contributed by atoms with Gasteiger partial charge in [-0.15, -0.1) is 10.2 Å². The normalized spacial score (nSPS) is 10.8. The molecule has 112 valence electrons. The van der Waals surface area contributed by atoms with E-state index in [4.69, 9.17) is 4.42 Å². The molecular formula is C12H12F2N4O3. The Bertz CT molecular complexity index is 660. The summed E-state index contributed by atoms with van der Waals surface area (Å²) in [5, 5.41) is 20.9. The predicted molar refractivity (Wildman–Crippen MR) is 68.3 cm³/mol. The van der Waals surface area contributed by atoms with Crippen molar-refractivity contribution in [3.8, 4) is 11.5 Å². The lowest BCUT2D eigenvalue weighted by Crippen LogP contribution is -2.13. The molecule has 2 aromatic rings. The molecule has 0 unspecified atom stereocenters. The van der Waals surface area contributed by atoms with Crippen molar-refractivity contribution < 1.29 is 18.1 Å². The molecule has 0 radical (unpaired) electrons. The molecule has 0 saturated carbocycles. The minimum absolute atomic E-state index is 0.185. The van der Waals surface area contributed by atoms with Crippen molar-refractivity contribution in [2.24, 2.45) is 0 Å². The van der Waals surface area contributed by atoms with Gasteiger partial charge < -0.3 is 9.73 Å². The standard InChI is InChI=1S/C12H12F2N4O3/c1-2-3-15-6-10-16-17-12(21-10)8-4-7(13)5-9(11(8)14)18(19)20/h4-5,15H,2-3,6H2,1H3. The van der Waals surface area contributed by atoms with Crippen molar-refractivity contribution in [3.05, 3.63) is 39.8 Å². The van der Waals surface area contributed by atoms with Crippen molar-refractivity contribution in [3.63, 3.8) is 0 Å². The second-order valence-corrected chi connectivity index (χ2v) is 4.22. The summed E-state index contributed by atoms with van der Waals surface area (Å²) in [6.07, 6.45) is 0.908. The van der Waals surface area contributed by atoms with Gasteiger partial charge >= 0.3 is 5.69 Å². The Kier molecular flexibility index (Phi) is 4.53. The first-order chi connectivity index (χ1) is 10.0. The average Bonchev–Trinajstić information content (AvgIpc) is 2.89. The average molecular weight is 298 g/mol. The van der Waals surface area contributed by atoms with Crippen LogP contribution in [0.1, 0.15) is 19.2 Å². The quantitative estimate of drug-likeness (QED) is 0.500. The van der Waals surface area contributed by atoms with Crippen LogP contribution in [0.15, 0.2) is 16.5 Å². The van der Waals surface area contributed by atoms with Gasteiger partial charge in [0.25, 0.3) is 5.89 Å². The van der Waals surface area contributed by atoms with E-state index in [2.05, 4.69) is 15.5 Å². The molecule has 0 aliphatic carbocycles. The zero-order valence-electron chi connectivity index (χ0n) is 11.1. The Hall–Kier alpha value is -2.42. The number of halogens is 2. The number of nitro groups is 1. The van der Waals surface area contributed by atoms with Crippen LogP contribution in [0.5, 0.6) is 0 Å². The molecule has 1 aromatic carbocycles. The topological polar surface area (TPSA) is 94.1 Å². The largest absolute Gasteiger partial charge is 0.419 e. The van der Waals surface area contributed by atoms with Gasteiger partial charge in [-0.25, -0.2) is 4.39 Å². The van der Waals surface area contributed by atoms with Gasteiger partial charge in [0.15, 0.2) is 0 Å². The lowest BCUT2D eigenvalue weighted by molar-refractivity contribution is -0.387. The fraction of sp³-hybridized carbons (Fsp3) is 0.333. The molecule has 9 heteroatoms. The van der Waals surface area contributed by atoms with Crippen LogP contribution in [0.25, 0.3) is 11.5 Å². The highest BCUT2D eigenvalue weighted by Gasteiger charge is 2.24. The van der Waals surface area contributed by atoms with Crippen molar-refractivity contribution >= 4 is 5.69 Å². The van der Waals surface area contributed by atoms with E-state index in [1.807, 2.05) is 6.92 Å². The number of benzene rings is 1. The Morgan fingerprint density at radius 2 is 2.14 bits per heavy atom. The van der Waals surface area contributed by atoms with E-state index < -0.39 is 27.8 Å². The van der Waals surface area contributed by atoms with Gasteiger partial charge in [-0.3, -0.25) is 10.1 Å². The second kappa shape index (κ2) is 6.35. The van der Waals surface area contributed by atoms with E-state index in [9.17, 15) is 18.9 Å². The number of nitrogens with one attached hydrogen (secondary N) is 1. The fourth-order valence-electron chi connectivity index (χ4n) is 1.67. The lowest BCUT2D eigenvalue weighted by Gasteiger charge is -2.00. The summed E-state index contributed by atoms with van der Waals surface area (Å²) in [5.74, 6) is -2.28. The van der Waals surface area contributed by atoms with Crippen LogP contribution in [0.3, 0.4) is 0 Å². The lowest BCUT2D eigenvalue weighted by atomic mass is 10.2. The third kappa shape index (κ3) is 3.37. The summed E-state index contributed by atoms with van der Waals surface area (Å²) in [6.45, 7) is 2.99. The minimum Gasteiger partial charge on any atom is -0.419 e. The minimum atomic E-state index is -1.21. The van der Waals surface area contributed by atoms with Gasteiger partial charge in [0.2, 0.25) is 11.7 Å². The highest BCUT2D eigenvalue weighted by Crippen LogP contribution is 2.29. The molecule has 0 saturated heterocycles. The molecule has 0 aliphatic heterocycles. The van der Waals surface area contributed by atoms with Gasteiger partial charge in [-0.2, -0.15) is 4.39 Å². The van der Waals surface area contributed by atoms with E-state index in [0.717, 1.165) is 19.0 Å².